The topological polar surface area (TPSA) is 122 Å². The summed E-state index contributed by atoms with van der Waals surface area (Å²) in [7, 11) is 1.51. The summed E-state index contributed by atoms with van der Waals surface area (Å²) in [5, 5.41) is 12.6. The average Bonchev–Trinajstić information content (AvgIpc) is 2.48. The molecule has 0 fully saturated rings. The minimum Gasteiger partial charge on any atom is -0.394 e. The van der Waals surface area contributed by atoms with E-state index in [1.807, 2.05) is 13.8 Å². The molecule has 1 heterocycles. The molecule has 0 aromatic carbocycles. The lowest BCUT2D eigenvalue weighted by Gasteiger charge is -2.32. The summed E-state index contributed by atoms with van der Waals surface area (Å²) >= 11 is 0. The van der Waals surface area contributed by atoms with Crippen LogP contribution >= 0.6 is 0 Å². The van der Waals surface area contributed by atoms with Gasteiger partial charge >= 0.3 is 5.69 Å². The maximum Gasteiger partial charge on any atom is 0.330 e. The number of H-pyrrole nitrogens is 1. The molecule has 0 amide bonds. The molecule has 0 spiro atoms. The Bertz CT molecular complexity index is 566. The van der Waals surface area contributed by atoms with Gasteiger partial charge < -0.3 is 20.9 Å². The van der Waals surface area contributed by atoms with Crippen LogP contribution < -0.4 is 22.3 Å². The zero-order chi connectivity index (χ0) is 16.0. The van der Waals surface area contributed by atoms with Crippen LogP contribution in [0.25, 0.3) is 0 Å². The van der Waals surface area contributed by atoms with Crippen LogP contribution in [0.5, 0.6) is 0 Å². The third-order valence-corrected chi connectivity index (χ3v) is 3.81. The Labute approximate surface area is 122 Å². The largest absolute Gasteiger partial charge is 0.394 e. The number of nitrogens with two attached hydrogens (primary N) is 1. The predicted octanol–water partition coefficient (Wildman–Crippen LogP) is -0.272. The minimum atomic E-state index is -0.648. The van der Waals surface area contributed by atoms with Gasteiger partial charge in [0.2, 0.25) is 0 Å². The van der Waals surface area contributed by atoms with E-state index in [2.05, 4.69) is 10.3 Å². The highest BCUT2D eigenvalue weighted by atomic mass is 16.5. The molecule has 0 radical (unpaired) electrons. The maximum absolute atomic E-state index is 12.0. The number of hydrogen-bond donors (Lipinski definition) is 4. The summed E-state index contributed by atoms with van der Waals surface area (Å²) in [6, 6.07) is 0. The van der Waals surface area contributed by atoms with Crippen LogP contribution in [-0.2, 0) is 11.3 Å². The van der Waals surface area contributed by atoms with Crippen molar-refractivity contribution in [3.05, 3.63) is 20.8 Å². The molecule has 21 heavy (non-hydrogen) atoms. The van der Waals surface area contributed by atoms with Gasteiger partial charge in [-0.3, -0.25) is 14.3 Å². The molecule has 0 saturated heterocycles. The number of aromatic amines is 1. The Morgan fingerprint density at radius 1 is 1.38 bits per heavy atom. The van der Waals surface area contributed by atoms with Crippen LogP contribution in [0.15, 0.2) is 9.59 Å². The first-order valence-corrected chi connectivity index (χ1v) is 6.95. The van der Waals surface area contributed by atoms with Crippen LogP contribution in [0.1, 0.15) is 26.7 Å². The third kappa shape index (κ3) is 3.64. The van der Waals surface area contributed by atoms with Crippen LogP contribution in [0, 0.1) is 0 Å². The standard InChI is InChI=1S/C13H24N4O4/c1-4-13(5-2,8-18)16-9-10(14)17(6-7-21-3)12(20)15-11(9)19/h16,18H,4-8,14H2,1-3H3,(H,15,19,20). The predicted molar refractivity (Wildman–Crippen MR) is 81.6 cm³/mol. The second-order valence-corrected chi connectivity index (χ2v) is 4.93. The fourth-order valence-corrected chi connectivity index (χ4v) is 2.07. The Morgan fingerprint density at radius 3 is 2.48 bits per heavy atom. The van der Waals surface area contributed by atoms with Crippen molar-refractivity contribution in [3.8, 4) is 0 Å². The van der Waals surface area contributed by atoms with E-state index in [1.165, 1.54) is 11.7 Å². The normalized spacial score (nSPS) is 11.6. The van der Waals surface area contributed by atoms with Crippen molar-refractivity contribution in [2.75, 3.05) is 31.4 Å². The highest BCUT2D eigenvalue weighted by molar-refractivity contribution is 5.61. The van der Waals surface area contributed by atoms with E-state index in [9.17, 15) is 14.7 Å². The summed E-state index contributed by atoms with van der Waals surface area (Å²) < 4.78 is 6.16. The van der Waals surface area contributed by atoms with Gasteiger partial charge in [-0.1, -0.05) is 13.8 Å². The van der Waals surface area contributed by atoms with Crippen molar-refractivity contribution >= 4 is 11.5 Å². The van der Waals surface area contributed by atoms with Gasteiger partial charge in [0.15, 0.2) is 0 Å². The Hall–Kier alpha value is -1.80. The van der Waals surface area contributed by atoms with Gasteiger partial charge in [-0.2, -0.15) is 0 Å². The van der Waals surface area contributed by atoms with Crippen LogP contribution in [0.2, 0.25) is 0 Å². The number of aliphatic hydroxyl groups excluding tert-OH is 1. The second-order valence-electron chi connectivity index (χ2n) is 4.93. The minimum absolute atomic E-state index is 0.0422. The fourth-order valence-electron chi connectivity index (χ4n) is 2.07. The van der Waals surface area contributed by atoms with E-state index >= 15 is 0 Å². The number of ether oxygens (including phenoxy) is 1. The lowest BCUT2D eigenvalue weighted by atomic mass is 9.93. The molecule has 0 aliphatic rings. The molecule has 120 valence electrons. The molecule has 1 aromatic rings. The smallest absolute Gasteiger partial charge is 0.330 e. The number of nitrogens with one attached hydrogen (secondary N) is 2. The number of nitrogen functional groups attached to an aromatic ring is 1. The van der Waals surface area contributed by atoms with Crippen molar-refractivity contribution in [1.29, 1.82) is 0 Å². The molecule has 5 N–H and O–H groups in total. The Kier molecular flexibility index (Phi) is 5.98. The molecular formula is C13H24N4O4. The van der Waals surface area contributed by atoms with Crippen molar-refractivity contribution in [1.82, 2.24) is 9.55 Å². The Balaban J connectivity index is 3.30. The highest BCUT2D eigenvalue weighted by Crippen LogP contribution is 2.22. The highest BCUT2D eigenvalue weighted by Gasteiger charge is 2.27. The van der Waals surface area contributed by atoms with Gasteiger partial charge in [0, 0.05) is 7.11 Å². The summed E-state index contributed by atoms with van der Waals surface area (Å²) in [4.78, 5) is 26.0. The number of hydrogen-bond acceptors (Lipinski definition) is 6. The number of aromatic nitrogens is 2. The summed E-state index contributed by atoms with van der Waals surface area (Å²) in [6.45, 7) is 4.19. The molecule has 0 atom stereocenters. The zero-order valence-electron chi connectivity index (χ0n) is 12.7. The molecule has 8 nitrogen and oxygen atoms in total. The van der Waals surface area contributed by atoms with Crippen molar-refractivity contribution in [2.24, 2.45) is 0 Å². The molecular weight excluding hydrogens is 276 g/mol. The van der Waals surface area contributed by atoms with Crippen LogP contribution in [0.4, 0.5) is 11.5 Å². The van der Waals surface area contributed by atoms with Crippen molar-refractivity contribution in [3.63, 3.8) is 0 Å². The monoisotopic (exact) mass is 300 g/mol. The zero-order valence-corrected chi connectivity index (χ0v) is 12.7. The molecule has 0 unspecified atom stereocenters. The fraction of sp³-hybridized carbons (Fsp3) is 0.692. The molecule has 0 saturated carbocycles. The number of rotatable bonds is 8. The number of methoxy groups -OCH3 is 1. The van der Waals surface area contributed by atoms with Gasteiger partial charge in [0.1, 0.15) is 11.5 Å². The van der Waals surface area contributed by atoms with Gasteiger partial charge in [0.05, 0.1) is 25.3 Å². The molecule has 0 aliphatic carbocycles. The second kappa shape index (κ2) is 7.28. The first kappa shape index (κ1) is 17.3. The molecule has 0 aliphatic heterocycles. The molecule has 1 aromatic heterocycles. The van der Waals surface area contributed by atoms with E-state index in [0.717, 1.165) is 0 Å². The lowest BCUT2D eigenvalue weighted by Crippen LogP contribution is -2.44. The van der Waals surface area contributed by atoms with E-state index in [4.69, 9.17) is 10.5 Å². The van der Waals surface area contributed by atoms with Gasteiger partial charge in [-0.15, -0.1) is 0 Å². The lowest BCUT2D eigenvalue weighted by molar-refractivity contribution is 0.186. The van der Waals surface area contributed by atoms with E-state index < -0.39 is 16.8 Å². The van der Waals surface area contributed by atoms with Crippen LogP contribution in [-0.4, -0.2) is 40.5 Å². The van der Waals surface area contributed by atoms with Crippen molar-refractivity contribution < 1.29 is 9.84 Å². The van der Waals surface area contributed by atoms with Crippen molar-refractivity contribution in [2.45, 2.75) is 38.8 Å². The number of nitrogens with zero attached hydrogens (tertiary/aromatic N) is 1. The van der Waals surface area contributed by atoms with E-state index in [1.54, 1.807) is 0 Å². The van der Waals surface area contributed by atoms with Gasteiger partial charge in [-0.25, -0.2) is 4.79 Å². The van der Waals surface area contributed by atoms with Crippen LogP contribution in [0.3, 0.4) is 0 Å². The number of aliphatic hydroxyl groups is 1. The quantitative estimate of drug-likeness (QED) is 0.524. The summed E-state index contributed by atoms with van der Waals surface area (Å²) in [6.07, 6.45) is 1.21. The third-order valence-electron chi connectivity index (χ3n) is 3.81. The number of anilines is 2. The molecule has 1 rings (SSSR count). The summed E-state index contributed by atoms with van der Waals surface area (Å²) in [5.74, 6) is 0.0422. The maximum atomic E-state index is 12.0. The van der Waals surface area contributed by atoms with Gasteiger partial charge in [-0.05, 0) is 12.8 Å². The first-order valence-electron chi connectivity index (χ1n) is 6.95. The first-order chi connectivity index (χ1) is 9.94. The molecule has 8 heteroatoms. The average molecular weight is 300 g/mol. The Morgan fingerprint density at radius 2 is 2.00 bits per heavy atom. The van der Waals surface area contributed by atoms with E-state index in [-0.39, 0.29) is 24.7 Å². The van der Waals surface area contributed by atoms with E-state index in [0.29, 0.717) is 19.4 Å². The van der Waals surface area contributed by atoms with Gasteiger partial charge in [0.25, 0.3) is 5.56 Å². The SMILES string of the molecule is CCC(CC)(CO)Nc1c(N)n(CCOC)c(=O)[nH]c1=O. The molecule has 0 bridgehead atoms. The summed E-state index contributed by atoms with van der Waals surface area (Å²) in [5.41, 5.74) is 4.22.